The molecule has 0 unspecified atom stereocenters. The number of rotatable bonds is 4. The zero-order valence-corrected chi connectivity index (χ0v) is 11.3. The van der Waals surface area contributed by atoms with Gasteiger partial charge >= 0.3 is 0 Å². The molecule has 9 heteroatoms. The summed E-state index contributed by atoms with van der Waals surface area (Å²) in [5.74, 6) is -0.401. The van der Waals surface area contributed by atoms with Crippen LogP contribution < -0.4 is 16.4 Å². The number of nitrogens with one attached hydrogen (secondary N) is 2. The Morgan fingerprint density at radius 1 is 1.40 bits per heavy atom. The van der Waals surface area contributed by atoms with Gasteiger partial charge in [0.15, 0.2) is 0 Å². The van der Waals surface area contributed by atoms with Gasteiger partial charge in [-0.1, -0.05) is 0 Å². The molecule has 1 aromatic rings. The first-order valence-electron chi connectivity index (χ1n) is 6.42. The molecule has 1 aliphatic heterocycles. The number of nitrogens with zero attached hydrogens (tertiary/aromatic N) is 3. The van der Waals surface area contributed by atoms with E-state index in [1.807, 2.05) is 4.90 Å². The molecule has 0 saturated carbocycles. The predicted molar refractivity (Wildman–Crippen MR) is 69.7 cm³/mol. The summed E-state index contributed by atoms with van der Waals surface area (Å²) >= 11 is 0. The van der Waals surface area contributed by atoms with Gasteiger partial charge in [-0.25, -0.2) is 4.63 Å². The van der Waals surface area contributed by atoms with E-state index in [-0.39, 0.29) is 29.4 Å². The summed E-state index contributed by atoms with van der Waals surface area (Å²) in [6.45, 7) is 1.90. The van der Waals surface area contributed by atoms with E-state index in [1.54, 1.807) is 7.05 Å². The molecule has 1 aromatic heterocycles. The molecule has 2 rings (SSSR count). The molecule has 1 saturated heterocycles. The monoisotopic (exact) mass is 282 g/mol. The van der Waals surface area contributed by atoms with E-state index < -0.39 is 0 Å². The van der Waals surface area contributed by atoms with Crippen LogP contribution in [0.2, 0.25) is 0 Å². The second-order valence-corrected chi connectivity index (χ2v) is 4.70. The lowest BCUT2D eigenvalue weighted by Crippen LogP contribution is -2.47. The van der Waals surface area contributed by atoms with Gasteiger partial charge in [-0.15, -0.1) is 0 Å². The van der Waals surface area contributed by atoms with Crippen molar-refractivity contribution in [1.29, 1.82) is 0 Å². The maximum Gasteiger partial charge on any atom is 0.277 e. The molecular formula is C11H18N6O3. The average Bonchev–Trinajstić information content (AvgIpc) is 2.87. The number of carbonyl (C=O) groups is 2. The minimum absolute atomic E-state index is 0.00562. The Hall–Kier alpha value is -2.16. The highest BCUT2D eigenvalue weighted by atomic mass is 16.6. The number of hydrogen-bond acceptors (Lipinski definition) is 7. The number of amides is 2. The number of nitrogens with two attached hydrogens (primary N) is 1. The van der Waals surface area contributed by atoms with Crippen molar-refractivity contribution in [2.24, 2.45) is 0 Å². The first-order chi connectivity index (χ1) is 9.60. The van der Waals surface area contributed by atoms with Crippen LogP contribution in [-0.2, 0) is 4.79 Å². The standard InChI is InChI=1S/C11H18N6O3/c1-13-8(18)6-17-4-2-7(3-5-17)14-11(19)9-10(12)16-20-15-9/h7H,2-6H2,1H3,(H2,12,16)(H,13,18)(H,14,19). The van der Waals surface area contributed by atoms with Gasteiger partial charge in [0, 0.05) is 26.2 Å². The Kier molecular flexibility index (Phi) is 4.51. The van der Waals surface area contributed by atoms with Crippen LogP contribution in [-0.4, -0.2) is 59.8 Å². The Bertz CT molecular complexity index is 480. The third-order valence-electron chi connectivity index (χ3n) is 3.30. The number of aromatic nitrogens is 2. The van der Waals surface area contributed by atoms with Crippen molar-refractivity contribution in [2.75, 3.05) is 32.4 Å². The molecule has 2 heterocycles. The van der Waals surface area contributed by atoms with Crippen molar-refractivity contribution >= 4 is 17.6 Å². The van der Waals surface area contributed by atoms with E-state index in [0.717, 1.165) is 25.9 Å². The molecular weight excluding hydrogens is 264 g/mol. The van der Waals surface area contributed by atoms with E-state index >= 15 is 0 Å². The first-order valence-corrected chi connectivity index (χ1v) is 6.42. The van der Waals surface area contributed by atoms with Crippen LogP contribution in [0, 0.1) is 0 Å². The summed E-state index contributed by atoms with van der Waals surface area (Å²) < 4.78 is 4.39. The summed E-state index contributed by atoms with van der Waals surface area (Å²) in [5, 5.41) is 12.3. The largest absolute Gasteiger partial charge is 0.379 e. The van der Waals surface area contributed by atoms with Crippen molar-refractivity contribution in [3.63, 3.8) is 0 Å². The fraction of sp³-hybridized carbons (Fsp3) is 0.636. The van der Waals surface area contributed by atoms with Crippen LogP contribution in [0.4, 0.5) is 5.82 Å². The molecule has 2 amide bonds. The van der Waals surface area contributed by atoms with Gasteiger partial charge in [-0.05, 0) is 23.2 Å². The molecule has 0 radical (unpaired) electrons. The van der Waals surface area contributed by atoms with Crippen molar-refractivity contribution in [3.8, 4) is 0 Å². The molecule has 20 heavy (non-hydrogen) atoms. The van der Waals surface area contributed by atoms with Gasteiger partial charge < -0.3 is 16.4 Å². The lowest BCUT2D eigenvalue weighted by molar-refractivity contribution is -0.122. The summed E-state index contributed by atoms with van der Waals surface area (Å²) in [6.07, 6.45) is 1.54. The number of nitrogen functional groups attached to an aromatic ring is 1. The molecule has 0 bridgehead atoms. The maximum atomic E-state index is 11.9. The molecule has 9 nitrogen and oxygen atoms in total. The summed E-state index contributed by atoms with van der Waals surface area (Å²) in [5.41, 5.74) is 5.47. The number of carbonyl (C=O) groups excluding carboxylic acids is 2. The summed E-state index contributed by atoms with van der Waals surface area (Å²) in [4.78, 5) is 25.2. The quantitative estimate of drug-likeness (QED) is 0.619. The normalized spacial score (nSPS) is 16.9. The Morgan fingerprint density at radius 3 is 2.65 bits per heavy atom. The summed E-state index contributed by atoms with van der Waals surface area (Å²) in [7, 11) is 1.62. The zero-order chi connectivity index (χ0) is 14.5. The average molecular weight is 282 g/mol. The SMILES string of the molecule is CNC(=O)CN1CCC(NC(=O)c2nonc2N)CC1. The molecule has 4 N–H and O–H groups in total. The molecule has 1 fully saturated rings. The van der Waals surface area contributed by atoms with E-state index in [0.29, 0.717) is 6.54 Å². The van der Waals surface area contributed by atoms with Crippen molar-refractivity contribution in [1.82, 2.24) is 25.8 Å². The molecule has 110 valence electrons. The van der Waals surface area contributed by atoms with Gasteiger partial charge in [0.25, 0.3) is 5.91 Å². The van der Waals surface area contributed by atoms with Gasteiger partial charge in [-0.2, -0.15) is 0 Å². The molecule has 0 aromatic carbocycles. The molecule has 0 spiro atoms. The van der Waals surface area contributed by atoms with Gasteiger partial charge in [-0.3, -0.25) is 14.5 Å². The lowest BCUT2D eigenvalue weighted by Gasteiger charge is -2.31. The Labute approximate surface area is 115 Å². The lowest BCUT2D eigenvalue weighted by atomic mass is 10.0. The number of piperidine rings is 1. The third-order valence-corrected chi connectivity index (χ3v) is 3.30. The first kappa shape index (κ1) is 14.3. The van der Waals surface area contributed by atoms with Gasteiger partial charge in [0.2, 0.25) is 17.4 Å². The van der Waals surface area contributed by atoms with Crippen molar-refractivity contribution < 1.29 is 14.2 Å². The Balaban J connectivity index is 1.79. The van der Waals surface area contributed by atoms with Crippen LogP contribution in [0.3, 0.4) is 0 Å². The highest BCUT2D eigenvalue weighted by molar-refractivity contribution is 5.96. The number of likely N-dealkylation sites (tertiary alicyclic amines) is 1. The van der Waals surface area contributed by atoms with E-state index in [1.165, 1.54) is 0 Å². The minimum Gasteiger partial charge on any atom is -0.379 e. The molecule has 0 atom stereocenters. The van der Waals surface area contributed by atoms with Crippen LogP contribution in [0.15, 0.2) is 4.63 Å². The van der Waals surface area contributed by atoms with Gasteiger partial charge in [0.05, 0.1) is 6.54 Å². The third kappa shape index (κ3) is 3.44. The van der Waals surface area contributed by atoms with E-state index in [4.69, 9.17) is 5.73 Å². The highest BCUT2D eigenvalue weighted by Crippen LogP contribution is 2.11. The van der Waals surface area contributed by atoms with E-state index in [9.17, 15) is 9.59 Å². The highest BCUT2D eigenvalue weighted by Gasteiger charge is 2.24. The van der Waals surface area contributed by atoms with Gasteiger partial charge in [0.1, 0.15) is 0 Å². The number of hydrogen-bond donors (Lipinski definition) is 3. The smallest absolute Gasteiger partial charge is 0.277 e. The van der Waals surface area contributed by atoms with Crippen LogP contribution in [0.25, 0.3) is 0 Å². The molecule has 0 aliphatic carbocycles. The Morgan fingerprint density at radius 2 is 2.10 bits per heavy atom. The van der Waals surface area contributed by atoms with Crippen LogP contribution >= 0.6 is 0 Å². The predicted octanol–water partition coefficient (Wildman–Crippen LogP) is -1.41. The van der Waals surface area contributed by atoms with Crippen molar-refractivity contribution in [3.05, 3.63) is 5.69 Å². The second-order valence-electron chi connectivity index (χ2n) is 4.70. The van der Waals surface area contributed by atoms with Crippen LogP contribution in [0.1, 0.15) is 23.3 Å². The summed E-state index contributed by atoms with van der Waals surface area (Å²) in [6, 6.07) is 0.0412. The number of likely N-dealkylation sites (N-methyl/N-ethyl adjacent to an activating group) is 1. The van der Waals surface area contributed by atoms with Crippen molar-refractivity contribution in [2.45, 2.75) is 18.9 Å². The minimum atomic E-state index is -0.381. The zero-order valence-electron chi connectivity index (χ0n) is 11.3. The fourth-order valence-electron chi connectivity index (χ4n) is 2.12. The van der Waals surface area contributed by atoms with Crippen LogP contribution in [0.5, 0.6) is 0 Å². The van der Waals surface area contributed by atoms with E-state index in [2.05, 4.69) is 25.6 Å². The number of anilines is 1. The molecule has 1 aliphatic rings. The fourth-order valence-corrected chi connectivity index (χ4v) is 2.12. The second kappa shape index (κ2) is 6.33. The topological polar surface area (TPSA) is 126 Å². The maximum absolute atomic E-state index is 11.9.